The Hall–Kier alpha value is -2.45. The van der Waals surface area contributed by atoms with Crippen LogP contribution in [0.3, 0.4) is 0 Å². The van der Waals surface area contributed by atoms with Gasteiger partial charge >= 0.3 is 17.9 Å². The molecule has 8 nitrogen and oxygen atoms in total. The van der Waals surface area contributed by atoms with E-state index in [0.29, 0.717) is 19.3 Å². The maximum atomic E-state index is 12.8. The van der Waals surface area contributed by atoms with Crippen LogP contribution in [-0.4, -0.2) is 80.6 Å². The molecule has 0 bridgehead atoms. The molecular formula is C55H102NO7+. The predicted octanol–water partition coefficient (Wildman–Crippen LogP) is 15.4. The first-order chi connectivity index (χ1) is 30.6. The van der Waals surface area contributed by atoms with Crippen molar-refractivity contribution in [1.29, 1.82) is 0 Å². The summed E-state index contributed by atoms with van der Waals surface area (Å²) in [4.78, 5) is 37.2. The summed E-state index contributed by atoms with van der Waals surface area (Å²) in [5.41, 5.74) is 0. The fourth-order valence-electron chi connectivity index (χ4n) is 7.92. The third kappa shape index (κ3) is 44.5. The van der Waals surface area contributed by atoms with E-state index < -0.39 is 18.1 Å². The Balaban J connectivity index is 4.22. The number of aliphatic carboxylic acids is 1. The Morgan fingerprint density at radius 3 is 1.27 bits per heavy atom. The molecule has 1 N–H and O–H groups in total. The fraction of sp³-hybridized carbons (Fsp3) is 0.836. The minimum absolute atomic E-state index is 0.0494. The van der Waals surface area contributed by atoms with Gasteiger partial charge < -0.3 is 23.8 Å². The van der Waals surface area contributed by atoms with E-state index in [1.165, 1.54) is 154 Å². The minimum Gasteiger partial charge on any atom is -0.477 e. The molecule has 0 aliphatic heterocycles. The van der Waals surface area contributed by atoms with Crippen LogP contribution in [0.5, 0.6) is 0 Å². The maximum Gasteiger partial charge on any atom is 0.362 e. The number of quaternary nitrogens is 1. The molecule has 0 aromatic heterocycles. The molecule has 0 aliphatic rings. The van der Waals surface area contributed by atoms with Gasteiger partial charge in [-0.1, -0.05) is 211 Å². The van der Waals surface area contributed by atoms with Crippen LogP contribution in [0.25, 0.3) is 0 Å². The molecule has 0 aromatic carbocycles. The first-order valence-electron chi connectivity index (χ1n) is 26.5. The number of nitrogens with zero attached hydrogens (tertiary/aromatic N) is 1. The van der Waals surface area contributed by atoms with Crippen LogP contribution in [0.1, 0.15) is 245 Å². The van der Waals surface area contributed by atoms with Gasteiger partial charge in [0, 0.05) is 19.3 Å². The van der Waals surface area contributed by atoms with E-state index in [1.807, 2.05) is 21.1 Å². The summed E-state index contributed by atoms with van der Waals surface area (Å²) in [6.45, 7) is 4.74. The van der Waals surface area contributed by atoms with E-state index in [0.717, 1.165) is 57.8 Å². The molecule has 368 valence electrons. The third-order valence-electron chi connectivity index (χ3n) is 12.0. The van der Waals surface area contributed by atoms with Crippen molar-refractivity contribution in [3.63, 3.8) is 0 Å². The van der Waals surface area contributed by atoms with Gasteiger partial charge in [-0.3, -0.25) is 9.59 Å². The number of carboxylic acid groups (broad SMARTS) is 1. The van der Waals surface area contributed by atoms with Crippen molar-refractivity contribution in [3.8, 4) is 0 Å². The Morgan fingerprint density at radius 2 is 0.841 bits per heavy atom. The zero-order valence-electron chi connectivity index (χ0n) is 42.0. The van der Waals surface area contributed by atoms with Crippen molar-refractivity contribution in [3.05, 3.63) is 36.5 Å². The van der Waals surface area contributed by atoms with E-state index in [1.54, 1.807) is 0 Å². The second-order valence-electron chi connectivity index (χ2n) is 19.1. The van der Waals surface area contributed by atoms with Crippen LogP contribution in [0.2, 0.25) is 0 Å². The van der Waals surface area contributed by atoms with E-state index in [9.17, 15) is 19.5 Å². The predicted molar refractivity (Wildman–Crippen MR) is 266 cm³/mol. The van der Waals surface area contributed by atoms with Crippen molar-refractivity contribution in [2.45, 2.75) is 257 Å². The van der Waals surface area contributed by atoms with Gasteiger partial charge in [0.1, 0.15) is 6.61 Å². The number of carbonyl (C=O) groups excluding carboxylic acids is 2. The third-order valence-corrected chi connectivity index (χ3v) is 12.0. The van der Waals surface area contributed by atoms with Gasteiger partial charge in [-0.2, -0.15) is 0 Å². The normalized spacial score (nSPS) is 13.1. The summed E-state index contributed by atoms with van der Waals surface area (Å²) in [5.74, 6) is -1.46. The van der Waals surface area contributed by atoms with Crippen molar-refractivity contribution in [1.82, 2.24) is 0 Å². The smallest absolute Gasteiger partial charge is 0.362 e. The summed E-state index contributed by atoms with van der Waals surface area (Å²) in [7, 11) is 5.54. The second-order valence-corrected chi connectivity index (χ2v) is 19.1. The number of carbonyl (C=O) groups is 3. The lowest BCUT2D eigenvalue weighted by molar-refractivity contribution is -0.887. The summed E-state index contributed by atoms with van der Waals surface area (Å²) < 4.78 is 17.4. The van der Waals surface area contributed by atoms with Gasteiger partial charge in [-0.05, 0) is 51.4 Å². The standard InChI is InChI=1S/C55H101NO7/c1-6-8-10-12-14-16-18-20-22-24-25-26-27-28-30-32-34-36-38-40-42-44-46-54(58)63-51(49-61-48-47-52(55(59)60)56(3,4)5)50-62-53(57)45-43-41-39-37-35-33-31-29-23-21-19-17-15-13-11-9-7-2/h14,16,20,22,25-26,51-52H,6-13,15,17-19,21,23-24,27-50H2,1-5H3/p+1/b16-14+,22-20+,26-25+. The summed E-state index contributed by atoms with van der Waals surface area (Å²) in [6.07, 6.45) is 54.7. The fourth-order valence-corrected chi connectivity index (χ4v) is 7.92. The van der Waals surface area contributed by atoms with Crippen LogP contribution >= 0.6 is 0 Å². The van der Waals surface area contributed by atoms with E-state index in [2.05, 4.69) is 50.3 Å². The molecule has 0 aliphatic carbocycles. The molecule has 0 rings (SSSR count). The Labute approximate surface area is 389 Å². The molecule has 2 unspecified atom stereocenters. The monoisotopic (exact) mass is 889 g/mol. The van der Waals surface area contributed by atoms with Crippen LogP contribution in [0.15, 0.2) is 36.5 Å². The van der Waals surface area contributed by atoms with Gasteiger partial charge in [0.25, 0.3) is 0 Å². The lowest BCUT2D eigenvalue weighted by Gasteiger charge is -2.31. The number of rotatable bonds is 48. The van der Waals surface area contributed by atoms with Gasteiger partial charge in [-0.15, -0.1) is 0 Å². The van der Waals surface area contributed by atoms with E-state index >= 15 is 0 Å². The number of likely N-dealkylation sites (N-methyl/N-ethyl adjacent to an activating group) is 1. The largest absolute Gasteiger partial charge is 0.477 e. The molecule has 2 atom stereocenters. The molecule has 0 saturated heterocycles. The molecule has 8 heteroatoms. The first kappa shape index (κ1) is 60.5. The Kier molecular flexibility index (Phi) is 44.3. The molecule has 0 spiro atoms. The van der Waals surface area contributed by atoms with E-state index in [4.69, 9.17) is 14.2 Å². The molecule has 0 saturated carbocycles. The number of carboxylic acids is 1. The molecule has 0 heterocycles. The summed E-state index contributed by atoms with van der Waals surface area (Å²) in [5, 5.41) is 9.66. The molecule has 0 aromatic rings. The van der Waals surface area contributed by atoms with Crippen LogP contribution in [0.4, 0.5) is 0 Å². The number of hydrogen-bond donors (Lipinski definition) is 1. The zero-order chi connectivity index (χ0) is 46.3. The SMILES string of the molecule is CCCCC/C=C/C/C=C/C/C=C/CCCCCCCCCCCC(=O)OC(COCCC(C(=O)O)[N+](C)(C)C)COC(=O)CCCCCCCCCCCCCCCCCCC. The first-order valence-corrected chi connectivity index (χ1v) is 26.5. The highest BCUT2D eigenvalue weighted by atomic mass is 16.6. The van der Waals surface area contributed by atoms with E-state index in [-0.39, 0.29) is 36.2 Å². The number of hydrogen-bond acceptors (Lipinski definition) is 6. The van der Waals surface area contributed by atoms with Crippen molar-refractivity contribution in [2.75, 3.05) is 41.0 Å². The average molecular weight is 889 g/mol. The lowest BCUT2D eigenvalue weighted by atomic mass is 10.0. The highest BCUT2D eigenvalue weighted by Gasteiger charge is 2.31. The number of unbranched alkanes of at least 4 members (excludes halogenated alkanes) is 28. The Morgan fingerprint density at radius 1 is 0.476 bits per heavy atom. The number of allylic oxidation sites excluding steroid dienone is 6. The summed E-state index contributed by atoms with van der Waals surface area (Å²) >= 11 is 0. The summed E-state index contributed by atoms with van der Waals surface area (Å²) in [6, 6.07) is -0.615. The van der Waals surface area contributed by atoms with Crippen molar-refractivity contribution >= 4 is 17.9 Å². The molecular weight excluding hydrogens is 787 g/mol. The molecule has 63 heavy (non-hydrogen) atoms. The number of ether oxygens (including phenoxy) is 3. The Bertz CT molecular complexity index is 1130. The van der Waals surface area contributed by atoms with Crippen LogP contribution < -0.4 is 0 Å². The average Bonchev–Trinajstić information content (AvgIpc) is 3.24. The number of esters is 2. The van der Waals surface area contributed by atoms with Gasteiger partial charge in [0.05, 0.1) is 34.4 Å². The lowest BCUT2D eigenvalue weighted by Crippen LogP contribution is -2.50. The van der Waals surface area contributed by atoms with Gasteiger partial charge in [-0.25, -0.2) is 4.79 Å². The van der Waals surface area contributed by atoms with Crippen LogP contribution in [-0.2, 0) is 28.6 Å². The second kappa shape index (κ2) is 46.1. The molecule has 0 amide bonds. The van der Waals surface area contributed by atoms with Gasteiger partial charge in [0.2, 0.25) is 0 Å². The highest BCUT2D eigenvalue weighted by Crippen LogP contribution is 2.16. The van der Waals surface area contributed by atoms with Gasteiger partial charge in [0.15, 0.2) is 12.1 Å². The minimum atomic E-state index is -0.873. The zero-order valence-corrected chi connectivity index (χ0v) is 42.0. The topological polar surface area (TPSA) is 99.1 Å². The quantitative estimate of drug-likeness (QED) is 0.0281. The molecule has 0 fully saturated rings. The van der Waals surface area contributed by atoms with Crippen LogP contribution in [0, 0.1) is 0 Å². The maximum absolute atomic E-state index is 12.8. The highest BCUT2D eigenvalue weighted by molar-refractivity contribution is 5.72. The van der Waals surface area contributed by atoms with Crippen molar-refractivity contribution < 1.29 is 38.2 Å². The van der Waals surface area contributed by atoms with Crippen molar-refractivity contribution in [2.24, 2.45) is 0 Å². The molecule has 0 radical (unpaired) electrons.